The van der Waals surface area contributed by atoms with Gasteiger partial charge in [-0.2, -0.15) is 0 Å². The molecule has 0 spiro atoms. The van der Waals surface area contributed by atoms with Gasteiger partial charge in [-0.05, 0) is 91.3 Å². The number of hydrogen-bond donors (Lipinski definition) is 2. The number of hydrogen-bond acceptors (Lipinski definition) is 7. The van der Waals surface area contributed by atoms with Crippen molar-refractivity contribution in [3.63, 3.8) is 0 Å². The van der Waals surface area contributed by atoms with Gasteiger partial charge >= 0.3 is 29.6 Å². The molecule has 4 aliphatic carbocycles. The van der Waals surface area contributed by atoms with Gasteiger partial charge in [-0.3, -0.25) is 8.98 Å². The Kier molecular flexibility index (Phi) is 8.56. The summed E-state index contributed by atoms with van der Waals surface area (Å²) in [6, 6.07) is 0. The van der Waals surface area contributed by atoms with Crippen molar-refractivity contribution in [2.45, 2.75) is 90.8 Å². The molecule has 4 fully saturated rings. The molecule has 0 heterocycles. The Labute approximate surface area is 220 Å². The van der Waals surface area contributed by atoms with Crippen LogP contribution in [0.5, 0.6) is 0 Å². The standard InChI is InChI=1S/C24H40O7S.Na/c1-14(5-4-10-31-32(28,29)30)17-6-7-18-22-19(13-21(27)24(17,18)3)23(2)9-8-16(25)11-15(23)12-20(22)26;/h14-15,17-22,26-27H,4-13H2,1-3H3,(H,28,29,30);/q;+1/p-1/t14-,15-,17-,18+,19?,20-,21+,22+,23+,24-;/m0./s1. The third-order valence-electron chi connectivity index (χ3n) is 10.4. The van der Waals surface area contributed by atoms with Crippen LogP contribution in [-0.2, 0) is 19.4 Å². The molecule has 184 valence electrons. The second kappa shape index (κ2) is 10.1. The second-order valence-corrected chi connectivity index (χ2v) is 12.7. The van der Waals surface area contributed by atoms with Crippen molar-refractivity contribution in [2.75, 3.05) is 6.61 Å². The molecule has 0 aromatic carbocycles. The van der Waals surface area contributed by atoms with E-state index in [1.807, 2.05) is 0 Å². The van der Waals surface area contributed by atoms with Crippen molar-refractivity contribution in [1.82, 2.24) is 0 Å². The zero-order valence-electron chi connectivity index (χ0n) is 20.5. The number of Topliss-reactive ketones (excluding diaryl/α,β-unsaturated/α-hetero) is 1. The van der Waals surface area contributed by atoms with E-state index in [-0.39, 0.29) is 82.5 Å². The molecule has 0 aromatic heterocycles. The number of carbonyl (C=O) groups excluding carboxylic acids is 1. The van der Waals surface area contributed by atoms with E-state index >= 15 is 0 Å². The molecule has 0 saturated heterocycles. The van der Waals surface area contributed by atoms with Crippen LogP contribution < -0.4 is 29.6 Å². The summed E-state index contributed by atoms with van der Waals surface area (Å²) in [6.45, 7) is 6.52. The average molecular weight is 495 g/mol. The fraction of sp³-hybridized carbons (Fsp3) is 0.958. The molecule has 10 atom stereocenters. The number of carbonyl (C=O) groups is 1. The number of aliphatic hydroxyl groups is 2. The zero-order valence-corrected chi connectivity index (χ0v) is 23.4. The van der Waals surface area contributed by atoms with E-state index in [2.05, 4.69) is 25.0 Å². The average Bonchev–Trinajstić information content (AvgIpc) is 3.05. The Balaban J connectivity index is 0.00000306. The monoisotopic (exact) mass is 494 g/mol. The number of rotatable bonds is 6. The van der Waals surface area contributed by atoms with Crippen LogP contribution in [0.2, 0.25) is 0 Å². The van der Waals surface area contributed by atoms with Gasteiger partial charge in [-0.15, -0.1) is 0 Å². The number of ketones is 1. The summed E-state index contributed by atoms with van der Waals surface area (Å²) in [5.74, 6) is 1.69. The maximum atomic E-state index is 12.1. The Bertz CT molecular complexity index is 835. The van der Waals surface area contributed by atoms with Crippen molar-refractivity contribution in [3.05, 3.63) is 0 Å². The molecule has 4 saturated carbocycles. The van der Waals surface area contributed by atoms with Gasteiger partial charge in [0.15, 0.2) is 0 Å². The quantitative estimate of drug-likeness (QED) is 0.231. The summed E-state index contributed by atoms with van der Waals surface area (Å²) in [5, 5.41) is 22.8. The maximum absolute atomic E-state index is 12.1. The molecule has 0 bridgehead atoms. The van der Waals surface area contributed by atoms with Crippen LogP contribution in [0.25, 0.3) is 0 Å². The Morgan fingerprint density at radius 3 is 2.55 bits per heavy atom. The van der Waals surface area contributed by atoms with E-state index in [0.29, 0.717) is 37.9 Å². The SMILES string of the molecule is C[C@@H](CCCOS(=O)(=O)[O-])[C@@H]1CC[C@@H]2[C@@H]3C(C[C@@H](O)[C@]21C)[C@]1(C)CCC(=O)C[C@H]1C[C@@H]3O.[Na+]. The van der Waals surface area contributed by atoms with E-state index in [0.717, 1.165) is 25.7 Å². The first-order valence-corrected chi connectivity index (χ1v) is 13.7. The van der Waals surface area contributed by atoms with Crippen LogP contribution in [0.15, 0.2) is 0 Å². The predicted molar refractivity (Wildman–Crippen MR) is 117 cm³/mol. The van der Waals surface area contributed by atoms with Gasteiger partial charge in [0.2, 0.25) is 10.4 Å². The molecule has 1 unspecified atom stereocenters. The van der Waals surface area contributed by atoms with Crippen molar-refractivity contribution >= 4 is 16.2 Å². The first-order chi connectivity index (χ1) is 14.9. The molecular weight excluding hydrogens is 455 g/mol. The van der Waals surface area contributed by atoms with E-state index in [9.17, 15) is 28.0 Å². The van der Waals surface area contributed by atoms with Crippen molar-refractivity contribution in [1.29, 1.82) is 0 Å². The molecule has 0 aromatic rings. The van der Waals surface area contributed by atoms with Gasteiger partial charge in [-0.1, -0.05) is 20.8 Å². The number of aliphatic hydroxyl groups excluding tert-OH is 2. The van der Waals surface area contributed by atoms with Crippen molar-refractivity contribution < 1.29 is 61.7 Å². The summed E-state index contributed by atoms with van der Waals surface area (Å²) in [5.41, 5.74) is -0.286. The minimum absolute atomic E-state index is 0. The molecule has 4 aliphatic rings. The van der Waals surface area contributed by atoms with Gasteiger partial charge in [0, 0.05) is 12.8 Å². The first kappa shape index (κ1) is 28.0. The van der Waals surface area contributed by atoms with E-state index < -0.39 is 22.6 Å². The molecule has 7 nitrogen and oxygen atoms in total. The summed E-state index contributed by atoms with van der Waals surface area (Å²) in [7, 11) is -4.66. The van der Waals surface area contributed by atoms with Gasteiger partial charge in [0.05, 0.1) is 18.8 Å². The fourth-order valence-corrected chi connectivity index (χ4v) is 9.03. The summed E-state index contributed by atoms with van der Waals surface area (Å²) in [6.07, 6.45) is 5.70. The summed E-state index contributed by atoms with van der Waals surface area (Å²) in [4.78, 5) is 12.1. The normalized spacial score (nSPS) is 46.0. The predicted octanol–water partition coefficient (Wildman–Crippen LogP) is 0.0531. The first-order valence-electron chi connectivity index (χ1n) is 12.4. The van der Waals surface area contributed by atoms with Crippen LogP contribution in [0.1, 0.15) is 78.6 Å². The van der Waals surface area contributed by atoms with Crippen molar-refractivity contribution in [2.24, 2.45) is 46.3 Å². The Morgan fingerprint density at radius 2 is 1.88 bits per heavy atom. The second-order valence-electron chi connectivity index (χ2n) is 11.7. The fourth-order valence-electron chi connectivity index (χ4n) is 8.71. The summed E-state index contributed by atoms with van der Waals surface area (Å²) < 4.78 is 36.4. The molecule has 0 aliphatic heterocycles. The topological polar surface area (TPSA) is 124 Å². The van der Waals surface area contributed by atoms with Crippen LogP contribution in [0.4, 0.5) is 0 Å². The molecule has 0 amide bonds. The third kappa shape index (κ3) is 5.02. The Morgan fingerprint density at radius 1 is 1.18 bits per heavy atom. The van der Waals surface area contributed by atoms with E-state index in [1.54, 1.807) is 0 Å². The van der Waals surface area contributed by atoms with Gasteiger partial charge in [0.25, 0.3) is 0 Å². The smallest absolute Gasteiger partial charge is 0.726 e. The number of fused-ring (bicyclic) bond motifs is 5. The van der Waals surface area contributed by atoms with Gasteiger partial charge in [0.1, 0.15) is 5.78 Å². The molecule has 4 rings (SSSR count). The van der Waals surface area contributed by atoms with Crippen LogP contribution in [0.3, 0.4) is 0 Å². The molecule has 0 radical (unpaired) electrons. The van der Waals surface area contributed by atoms with E-state index in [1.165, 1.54) is 0 Å². The van der Waals surface area contributed by atoms with E-state index in [4.69, 9.17) is 0 Å². The van der Waals surface area contributed by atoms with Crippen molar-refractivity contribution in [3.8, 4) is 0 Å². The molecule has 9 heteroatoms. The van der Waals surface area contributed by atoms with Crippen LogP contribution in [-0.4, -0.2) is 47.8 Å². The molecular formula is C24H39NaO7S. The molecule has 33 heavy (non-hydrogen) atoms. The largest absolute Gasteiger partial charge is 1.00 e. The minimum atomic E-state index is -4.66. The maximum Gasteiger partial charge on any atom is 1.00 e. The van der Waals surface area contributed by atoms with Crippen LogP contribution in [0, 0.1) is 46.3 Å². The zero-order chi connectivity index (χ0) is 23.5. The Hall–Kier alpha value is 0.460. The summed E-state index contributed by atoms with van der Waals surface area (Å²) >= 11 is 0. The minimum Gasteiger partial charge on any atom is -0.726 e. The van der Waals surface area contributed by atoms with Gasteiger partial charge in [-0.25, -0.2) is 8.42 Å². The van der Waals surface area contributed by atoms with Gasteiger partial charge < -0.3 is 14.8 Å². The third-order valence-corrected chi connectivity index (χ3v) is 10.9. The van der Waals surface area contributed by atoms with Crippen LogP contribution >= 0.6 is 0 Å². The molecule has 2 N–H and O–H groups in total.